The van der Waals surface area contributed by atoms with E-state index in [-0.39, 0.29) is 0 Å². The maximum absolute atomic E-state index is 3.05. The van der Waals surface area contributed by atoms with Gasteiger partial charge in [0.25, 0.3) is 0 Å². The highest BCUT2D eigenvalue weighted by atomic mass is 32.2. The van der Waals surface area contributed by atoms with Gasteiger partial charge in [0, 0.05) is 4.90 Å². The molecule has 0 aliphatic carbocycles. The lowest BCUT2D eigenvalue weighted by molar-refractivity contribution is 0.603. The third-order valence-electron chi connectivity index (χ3n) is 2.70. The second-order valence-electron chi connectivity index (χ2n) is 4.21. The topological polar surface area (TPSA) is 0 Å². The Bertz CT molecular complexity index is 243. The minimum Gasteiger partial charge on any atom is -0.126 e. The highest BCUT2D eigenvalue weighted by Gasteiger charge is 1.93. The zero-order chi connectivity index (χ0) is 11.5. The van der Waals surface area contributed by atoms with Gasteiger partial charge in [-0.05, 0) is 30.4 Å². The average Bonchev–Trinajstić information content (AvgIpc) is 2.34. The van der Waals surface area contributed by atoms with E-state index in [1.165, 1.54) is 55.6 Å². The first kappa shape index (κ1) is 13.6. The number of hydrogen-bond donors (Lipinski definition) is 0. The van der Waals surface area contributed by atoms with Gasteiger partial charge in [0.15, 0.2) is 0 Å². The van der Waals surface area contributed by atoms with Gasteiger partial charge in [-0.15, -0.1) is 11.8 Å². The Morgan fingerprint density at radius 1 is 0.938 bits per heavy atom. The van der Waals surface area contributed by atoms with Crippen molar-refractivity contribution in [2.24, 2.45) is 0 Å². The summed E-state index contributed by atoms with van der Waals surface area (Å²) in [5, 5.41) is 0. The van der Waals surface area contributed by atoms with Crippen molar-refractivity contribution in [1.82, 2.24) is 0 Å². The van der Waals surface area contributed by atoms with Crippen LogP contribution in [0, 0.1) is 6.07 Å². The maximum Gasteiger partial charge on any atom is 0.00723 e. The maximum atomic E-state index is 3.05. The van der Waals surface area contributed by atoms with Crippen LogP contribution in [-0.2, 0) is 0 Å². The van der Waals surface area contributed by atoms with Gasteiger partial charge in [-0.25, -0.2) is 0 Å². The Labute approximate surface area is 105 Å². The molecule has 1 aromatic rings. The van der Waals surface area contributed by atoms with E-state index in [0.717, 1.165) is 0 Å². The van der Waals surface area contributed by atoms with Crippen LogP contribution in [0.15, 0.2) is 29.2 Å². The van der Waals surface area contributed by atoms with Crippen LogP contribution in [0.3, 0.4) is 0 Å². The molecule has 89 valence electrons. The number of hydrogen-bond acceptors (Lipinski definition) is 1. The van der Waals surface area contributed by atoms with Crippen molar-refractivity contribution < 1.29 is 0 Å². The molecule has 0 nitrogen and oxygen atoms in total. The molecule has 1 rings (SSSR count). The molecule has 1 aromatic carbocycles. The van der Waals surface area contributed by atoms with Crippen LogP contribution < -0.4 is 0 Å². The number of benzene rings is 1. The smallest absolute Gasteiger partial charge is 0.00723 e. The highest BCUT2D eigenvalue weighted by molar-refractivity contribution is 7.99. The van der Waals surface area contributed by atoms with Crippen molar-refractivity contribution in [3.8, 4) is 0 Å². The van der Waals surface area contributed by atoms with Gasteiger partial charge in [0.05, 0.1) is 0 Å². The molecular formula is C15H23S. The summed E-state index contributed by atoms with van der Waals surface area (Å²) in [7, 11) is 0. The molecule has 0 aromatic heterocycles. The van der Waals surface area contributed by atoms with Crippen molar-refractivity contribution >= 4 is 11.8 Å². The van der Waals surface area contributed by atoms with Gasteiger partial charge in [-0.3, -0.25) is 0 Å². The molecule has 0 spiro atoms. The molecule has 16 heavy (non-hydrogen) atoms. The van der Waals surface area contributed by atoms with Gasteiger partial charge in [-0.2, -0.15) is 0 Å². The molecule has 0 heterocycles. The fourth-order valence-corrected chi connectivity index (χ4v) is 2.63. The van der Waals surface area contributed by atoms with E-state index < -0.39 is 0 Å². The third-order valence-corrected chi connectivity index (χ3v) is 3.80. The largest absolute Gasteiger partial charge is 0.126 e. The monoisotopic (exact) mass is 235 g/mol. The van der Waals surface area contributed by atoms with E-state index in [2.05, 4.69) is 25.1 Å². The fourth-order valence-electron chi connectivity index (χ4n) is 1.72. The first-order valence-electron chi connectivity index (χ1n) is 6.52. The van der Waals surface area contributed by atoms with Crippen molar-refractivity contribution in [1.29, 1.82) is 0 Å². The first-order chi connectivity index (χ1) is 7.93. The van der Waals surface area contributed by atoms with E-state index in [4.69, 9.17) is 0 Å². The van der Waals surface area contributed by atoms with Crippen molar-refractivity contribution in [3.63, 3.8) is 0 Å². The minimum atomic E-state index is 1.26. The normalized spacial score (nSPS) is 10.6. The molecule has 0 fully saturated rings. The van der Waals surface area contributed by atoms with E-state index in [1.807, 2.05) is 23.9 Å². The predicted molar refractivity (Wildman–Crippen MR) is 74.0 cm³/mol. The lowest BCUT2D eigenvalue weighted by Crippen LogP contribution is -1.82. The second kappa shape index (κ2) is 9.77. The molecule has 0 amide bonds. The summed E-state index contributed by atoms with van der Waals surface area (Å²) in [5.41, 5.74) is 0. The van der Waals surface area contributed by atoms with Gasteiger partial charge in [0.2, 0.25) is 0 Å². The zero-order valence-electron chi connectivity index (χ0n) is 10.4. The SMILES string of the molecule is CCCCCCCCCSc1cc[c]cc1. The van der Waals surface area contributed by atoms with Gasteiger partial charge >= 0.3 is 0 Å². The standard InChI is InChI=1S/C15H23S/c1-2-3-4-5-6-7-11-14-16-15-12-9-8-10-13-15/h9-10,12-13H,2-7,11,14H2,1H3. The van der Waals surface area contributed by atoms with Gasteiger partial charge in [-0.1, -0.05) is 57.6 Å². The Morgan fingerprint density at radius 2 is 1.56 bits per heavy atom. The third kappa shape index (κ3) is 6.95. The Morgan fingerprint density at radius 3 is 2.25 bits per heavy atom. The van der Waals surface area contributed by atoms with E-state index in [9.17, 15) is 0 Å². The molecular weight excluding hydrogens is 212 g/mol. The second-order valence-corrected chi connectivity index (χ2v) is 5.37. The van der Waals surface area contributed by atoms with E-state index >= 15 is 0 Å². The molecule has 0 saturated carbocycles. The summed E-state index contributed by atoms with van der Waals surface area (Å²) in [6, 6.07) is 11.3. The summed E-state index contributed by atoms with van der Waals surface area (Å²) in [4.78, 5) is 1.38. The van der Waals surface area contributed by atoms with Crippen molar-refractivity contribution in [3.05, 3.63) is 30.3 Å². The number of rotatable bonds is 9. The number of thioether (sulfide) groups is 1. The molecule has 0 unspecified atom stereocenters. The fraction of sp³-hybridized carbons (Fsp3) is 0.600. The first-order valence-corrected chi connectivity index (χ1v) is 7.51. The molecule has 0 bridgehead atoms. The van der Waals surface area contributed by atoms with Crippen molar-refractivity contribution in [2.75, 3.05) is 5.75 Å². The van der Waals surface area contributed by atoms with Crippen LogP contribution in [0.4, 0.5) is 0 Å². The zero-order valence-corrected chi connectivity index (χ0v) is 11.2. The van der Waals surface area contributed by atoms with Crippen molar-refractivity contribution in [2.45, 2.75) is 56.8 Å². The average molecular weight is 235 g/mol. The molecule has 1 radical (unpaired) electrons. The molecule has 0 saturated heterocycles. The van der Waals surface area contributed by atoms with Crippen LogP contribution in [0.25, 0.3) is 0 Å². The van der Waals surface area contributed by atoms with Crippen LogP contribution in [0.5, 0.6) is 0 Å². The lowest BCUT2D eigenvalue weighted by Gasteiger charge is -2.02. The van der Waals surface area contributed by atoms with Crippen LogP contribution in [-0.4, -0.2) is 5.75 Å². The predicted octanol–water partition coefficient (Wildman–Crippen LogP) is 5.33. The summed E-state index contributed by atoms with van der Waals surface area (Å²) < 4.78 is 0. The minimum absolute atomic E-state index is 1.26. The Hall–Kier alpha value is -0.430. The highest BCUT2D eigenvalue weighted by Crippen LogP contribution is 2.19. The summed E-state index contributed by atoms with van der Waals surface area (Å²) in [6.07, 6.45) is 9.79. The van der Waals surface area contributed by atoms with Crippen LogP contribution in [0.2, 0.25) is 0 Å². The summed E-state index contributed by atoms with van der Waals surface area (Å²) >= 11 is 1.97. The van der Waals surface area contributed by atoms with Gasteiger partial charge in [0.1, 0.15) is 0 Å². The van der Waals surface area contributed by atoms with Gasteiger partial charge < -0.3 is 0 Å². The number of unbranched alkanes of at least 4 members (excludes halogenated alkanes) is 6. The summed E-state index contributed by atoms with van der Waals surface area (Å²) in [6.45, 7) is 2.27. The molecule has 0 aliphatic heterocycles. The molecule has 1 heteroatoms. The Balaban J connectivity index is 1.89. The van der Waals surface area contributed by atoms with Crippen LogP contribution >= 0.6 is 11.8 Å². The van der Waals surface area contributed by atoms with Crippen LogP contribution in [0.1, 0.15) is 51.9 Å². The molecule has 0 atom stereocenters. The van der Waals surface area contributed by atoms with E-state index in [1.54, 1.807) is 0 Å². The Kier molecular flexibility index (Phi) is 8.33. The molecule has 0 aliphatic rings. The summed E-state index contributed by atoms with van der Waals surface area (Å²) in [5.74, 6) is 1.26. The van der Waals surface area contributed by atoms with E-state index in [0.29, 0.717) is 0 Å². The molecule has 0 N–H and O–H groups in total. The quantitative estimate of drug-likeness (QED) is 0.412. The lowest BCUT2D eigenvalue weighted by atomic mass is 10.1.